The molecule has 1 nitrogen and oxygen atoms in total. The summed E-state index contributed by atoms with van der Waals surface area (Å²) >= 11 is 0. The van der Waals surface area contributed by atoms with Crippen molar-refractivity contribution in [3.8, 4) is 0 Å². The number of fused-ring (bicyclic) bond motifs is 2. The van der Waals surface area contributed by atoms with Crippen LogP contribution in [0, 0.1) is 17.3 Å². The fourth-order valence-corrected chi connectivity index (χ4v) is 2.90. The summed E-state index contributed by atoms with van der Waals surface area (Å²) in [4.78, 5) is 0. The summed E-state index contributed by atoms with van der Waals surface area (Å²) in [6.45, 7) is 4.67. The zero-order valence-electron chi connectivity index (χ0n) is 6.93. The van der Waals surface area contributed by atoms with E-state index in [1.807, 2.05) is 0 Å². The van der Waals surface area contributed by atoms with Crippen molar-refractivity contribution in [2.45, 2.75) is 39.2 Å². The molecule has 2 rings (SSSR count). The van der Waals surface area contributed by atoms with Gasteiger partial charge in [-0.3, -0.25) is 0 Å². The average molecular weight is 139 g/mol. The molecule has 10 heavy (non-hydrogen) atoms. The van der Waals surface area contributed by atoms with Gasteiger partial charge in [0.1, 0.15) is 0 Å². The largest absolute Gasteiger partial charge is 0.327 e. The quantitative estimate of drug-likeness (QED) is 0.544. The maximum Gasteiger partial charge on any atom is 0.0121 e. The lowest BCUT2D eigenvalue weighted by molar-refractivity contribution is 0.181. The zero-order valence-corrected chi connectivity index (χ0v) is 6.93. The molecule has 1 heteroatoms. The minimum absolute atomic E-state index is 0.447. The van der Waals surface area contributed by atoms with Gasteiger partial charge in [0.05, 0.1) is 0 Å². The smallest absolute Gasteiger partial charge is 0.0121 e. The molecule has 3 atom stereocenters. The maximum atomic E-state index is 6.10. The zero-order chi connectivity index (χ0) is 7.35. The van der Waals surface area contributed by atoms with E-state index in [1.165, 1.54) is 19.3 Å². The minimum atomic E-state index is 0.447. The Morgan fingerprint density at radius 2 is 2.00 bits per heavy atom. The van der Waals surface area contributed by atoms with E-state index in [0.29, 0.717) is 11.5 Å². The molecule has 0 heterocycles. The van der Waals surface area contributed by atoms with Crippen molar-refractivity contribution in [2.75, 3.05) is 0 Å². The summed E-state index contributed by atoms with van der Waals surface area (Å²) in [6.07, 6.45) is 4.24. The Morgan fingerprint density at radius 3 is 2.30 bits per heavy atom. The van der Waals surface area contributed by atoms with Gasteiger partial charge in [0, 0.05) is 6.04 Å². The summed E-state index contributed by atoms with van der Waals surface area (Å²) in [6, 6.07) is 0.492. The molecule has 2 N–H and O–H groups in total. The third kappa shape index (κ3) is 0.619. The molecule has 0 radical (unpaired) electrons. The van der Waals surface area contributed by atoms with Crippen LogP contribution in [0.2, 0.25) is 0 Å². The molecule has 0 aromatic rings. The molecule has 2 saturated carbocycles. The summed E-state index contributed by atoms with van der Waals surface area (Å²) in [5.41, 5.74) is 6.55. The molecule has 2 bridgehead atoms. The Morgan fingerprint density at radius 1 is 1.30 bits per heavy atom. The van der Waals surface area contributed by atoms with Crippen LogP contribution < -0.4 is 5.73 Å². The summed E-state index contributed by atoms with van der Waals surface area (Å²) in [5.74, 6) is 1.80. The first-order valence-electron chi connectivity index (χ1n) is 4.38. The van der Waals surface area contributed by atoms with Crippen LogP contribution in [0.1, 0.15) is 33.1 Å². The Bertz CT molecular complexity index is 147. The summed E-state index contributed by atoms with van der Waals surface area (Å²) in [5, 5.41) is 0. The van der Waals surface area contributed by atoms with Crippen LogP contribution in [-0.4, -0.2) is 6.04 Å². The van der Waals surface area contributed by atoms with Crippen molar-refractivity contribution >= 4 is 0 Å². The molecule has 0 saturated heterocycles. The van der Waals surface area contributed by atoms with E-state index < -0.39 is 0 Å². The lowest BCUT2D eigenvalue weighted by atomic mass is 9.73. The van der Waals surface area contributed by atoms with E-state index in [9.17, 15) is 0 Å². The molecule has 2 fully saturated rings. The van der Waals surface area contributed by atoms with Gasteiger partial charge in [0.15, 0.2) is 0 Å². The molecule has 0 amide bonds. The second-order valence-corrected chi connectivity index (χ2v) is 4.62. The fourth-order valence-electron chi connectivity index (χ4n) is 2.90. The van der Waals surface area contributed by atoms with Gasteiger partial charge in [-0.15, -0.1) is 0 Å². The van der Waals surface area contributed by atoms with Gasteiger partial charge in [-0.25, -0.2) is 0 Å². The van der Waals surface area contributed by atoms with E-state index in [4.69, 9.17) is 5.73 Å². The average Bonchev–Trinajstić information content (AvgIpc) is 2.37. The van der Waals surface area contributed by atoms with Crippen molar-refractivity contribution in [1.82, 2.24) is 0 Å². The highest BCUT2D eigenvalue weighted by Crippen LogP contribution is 2.54. The molecular weight excluding hydrogens is 122 g/mol. The second-order valence-electron chi connectivity index (χ2n) is 4.62. The Balaban J connectivity index is 2.25. The van der Waals surface area contributed by atoms with Crippen molar-refractivity contribution < 1.29 is 0 Å². The van der Waals surface area contributed by atoms with Crippen LogP contribution in [-0.2, 0) is 0 Å². The van der Waals surface area contributed by atoms with Crippen LogP contribution >= 0.6 is 0 Å². The van der Waals surface area contributed by atoms with Crippen molar-refractivity contribution in [2.24, 2.45) is 23.0 Å². The molecule has 2 aliphatic rings. The van der Waals surface area contributed by atoms with Crippen LogP contribution in [0.15, 0.2) is 0 Å². The van der Waals surface area contributed by atoms with Gasteiger partial charge >= 0.3 is 0 Å². The van der Waals surface area contributed by atoms with Crippen molar-refractivity contribution in [3.63, 3.8) is 0 Å². The van der Waals surface area contributed by atoms with Gasteiger partial charge in [0.2, 0.25) is 0 Å². The Labute approximate surface area is 63.0 Å². The van der Waals surface area contributed by atoms with Gasteiger partial charge in [0.25, 0.3) is 0 Å². The highest BCUT2D eigenvalue weighted by Gasteiger charge is 2.50. The van der Waals surface area contributed by atoms with Gasteiger partial charge < -0.3 is 5.73 Å². The normalized spacial score (nSPS) is 50.1. The Kier molecular flexibility index (Phi) is 1.17. The number of hydrogen-bond donors (Lipinski definition) is 1. The SMILES string of the molecule is CC1(C)[C@@H]2CC[C@@H](C2)[C@@H]1N. The predicted molar refractivity (Wildman–Crippen MR) is 42.6 cm³/mol. The molecule has 2 aliphatic carbocycles. The lowest BCUT2D eigenvalue weighted by Gasteiger charge is -2.35. The van der Waals surface area contributed by atoms with Gasteiger partial charge in [-0.05, 0) is 36.5 Å². The van der Waals surface area contributed by atoms with E-state index in [0.717, 1.165) is 11.8 Å². The van der Waals surface area contributed by atoms with Crippen molar-refractivity contribution in [1.29, 1.82) is 0 Å². The highest BCUT2D eigenvalue weighted by atomic mass is 14.8. The number of nitrogens with two attached hydrogens (primary N) is 1. The van der Waals surface area contributed by atoms with Crippen LogP contribution in [0.3, 0.4) is 0 Å². The van der Waals surface area contributed by atoms with Crippen LogP contribution in [0.25, 0.3) is 0 Å². The topological polar surface area (TPSA) is 26.0 Å². The van der Waals surface area contributed by atoms with Gasteiger partial charge in [-0.1, -0.05) is 13.8 Å². The first-order chi connectivity index (χ1) is 4.62. The molecule has 0 aliphatic heterocycles. The number of rotatable bonds is 0. The van der Waals surface area contributed by atoms with E-state index in [-0.39, 0.29) is 0 Å². The van der Waals surface area contributed by atoms with Crippen LogP contribution in [0.4, 0.5) is 0 Å². The molecule has 58 valence electrons. The predicted octanol–water partition coefficient (Wildman–Crippen LogP) is 1.77. The second kappa shape index (κ2) is 1.76. The van der Waals surface area contributed by atoms with E-state index in [1.54, 1.807) is 0 Å². The molecule has 0 spiro atoms. The van der Waals surface area contributed by atoms with Crippen molar-refractivity contribution in [3.05, 3.63) is 0 Å². The fraction of sp³-hybridized carbons (Fsp3) is 1.00. The minimum Gasteiger partial charge on any atom is -0.327 e. The maximum absolute atomic E-state index is 6.10. The molecular formula is C9H17N. The molecule has 0 aromatic carbocycles. The number of hydrogen-bond acceptors (Lipinski definition) is 1. The third-order valence-corrected chi connectivity index (χ3v) is 3.89. The first-order valence-corrected chi connectivity index (χ1v) is 4.38. The van der Waals surface area contributed by atoms with Crippen LogP contribution in [0.5, 0.6) is 0 Å². The van der Waals surface area contributed by atoms with Gasteiger partial charge in [-0.2, -0.15) is 0 Å². The third-order valence-electron chi connectivity index (χ3n) is 3.89. The highest BCUT2D eigenvalue weighted by molar-refractivity contribution is 5.04. The lowest BCUT2D eigenvalue weighted by Crippen LogP contribution is -2.42. The van der Waals surface area contributed by atoms with E-state index in [2.05, 4.69) is 13.8 Å². The first kappa shape index (κ1) is 6.66. The van der Waals surface area contributed by atoms with E-state index >= 15 is 0 Å². The molecule has 0 unspecified atom stereocenters. The standard InChI is InChI=1S/C9H17N/c1-9(2)7-4-3-6(5-7)8(9)10/h6-8H,3-5,10H2,1-2H3/t6-,7+,8-/m0/s1. The summed E-state index contributed by atoms with van der Waals surface area (Å²) < 4.78 is 0. The monoisotopic (exact) mass is 139 g/mol. The molecule has 0 aromatic heterocycles. The Hall–Kier alpha value is -0.0400. The summed E-state index contributed by atoms with van der Waals surface area (Å²) in [7, 11) is 0.